The number of carbonyl (C=O) groups is 1. The summed E-state index contributed by atoms with van der Waals surface area (Å²) in [5.74, 6) is 0.114. The molecule has 1 aliphatic rings. The number of aliphatic hydroxyl groups is 1. The van der Waals surface area contributed by atoms with Gasteiger partial charge in [-0.05, 0) is 24.8 Å². The maximum Gasteiger partial charge on any atom is 0.190 e. The lowest BCUT2D eigenvalue weighted by molar-refractivity contribution is 0.103. The lowest BCUT2D eigenvalue weighted by Gasteiger charge is -2.05. The van der Waals surface area contributed by atoms with Crippen LogP contribution >= 0.6 is 0 Å². The molecule has 1 aliphatic carbocycles. The quantitative estimate of drug-likeness (QED) is 0.472. The number of carbonyl (C=O) groups excluding carboxylic acids is 1. The Morgan fingerprint density at radius 1 is 1.29 bits per heavy atom. The summed E-state index contributed by atoms with van der Waals surface area (Å²) in [5.41, 5.74) is 2.77. The molecule has 0 saturated heterocycles. The van der Waals surface area contributed by atoms with Crippen LogP contribution in [-0.2, 0) is 6.42 Å². The Labute approximate surface area is 101 Å². The van der Waals surface area contributed by atoms with Gasteiger partial charge in [-0.2, -0.15) is 0 Å². The summed E-state index contributed by atoms with van der Waals surface area (Å²) in [6.45, 7) is 0.562. The van der Waals surface area contributed by atoms with E-state index in [1.54, 1.807) is 6.20 Å². The molecule has 2 rings (SSSR count). The summed E-state index contributed by atoms with van der Waals surface area (Å²) >= 11 is 0. The Bertz CT molecular complexity index is 438. The average Bonchev–Trinajstić information content (AvgIpc) is 2.51. The van der Waals surface area contributed by atoms with Crippen molar-refractivity contribution in [2.45, 2.75) is 19.3 Å². The highest BCUT2D eigenvalue weighted by Gasteiger charge is 2.18. The van der Waals surface area contributed by atoms with Gasteiger partial charge in [0.25, 0.3) is 0 Å². The molecule has 0 atom stereocenters. The van der Waals surface area contributed by atoms with E-state index in [0.29, 0.717) is 6.54 Å². The van der Waals surface area contributed by atoms with E-state index in [-0.39, 0.29) is 12.4 Å². The van der Waals surface area contributed by atoms with Crippen molar-refractivity contribution in [2.75, 3.05) is 13.2 Å². The van der Waals surface area contributed by atoms with Gasteiger partial charge < -0.3 is 10.4 Å². The van der Waals surface area contributed by atoms with Crippen LogP contribution in [0, 0.1) is 0 Å². The van der Waals surface area contributed by atoms with Gasteiger partial charge in [-0.25, -0.2) is 0 Å². The third-order valence-corrected chi connectivity index (χ3v) is 2.98. The second kappa shape index (κ2) is 5.64. The number of hydrogen-bond donors (Lipinski definition) is 2. The Morgan fingerprint density at radius 3 is 2.94 bits per heavy atom. The molecule has 1 aromatic carbocycles. The van der Waals surface area contributed by atoms with E-state index in [2.05, 4.69) is 5.32 Å². The molecule has 0 bridgehead atoms. The summed E-state index contributed by atoms with van der Waals surface area (Å²) in [5, 5.41) is 11.7. The van der Waals surface area contributed by atoms with Crippen LogP contribution < -0.4 is 5.32 Å². The third-order valence-electron chi connectivity index (χ3n) is 2.98. The lowest BCUT2D eigenvalue weighted by atomic mass is 10.0. The van der Waals surface area contributed by atoms with Crippen LogP contribution in [0.1, 0.15) is 28.8 Å². The first kappa shape index (κ1) is 11.9. The molecule has 0 aromatic heterocycles. The van der Waals surface area contributed by atoms with Gasteiger partial charge >= 0.3 is 0 Å². The number of aryl methyl sites for hydroxylation is 1. The van der Waals surface area contributed by atoms with Crippen LogP contribution in [0.3, 0.4) is 0 Å². The monoisotopic (exact) mass is 231 g/mol. The van der Waals surface area contributed by atoms with Crippen molar-refractivity contribution in [2.24, 2.45) is 0 Å². The first-order chi connectivity index (χ1) is 8.33. The largest absolute Gasteiger partial charge is 0.395 e. The molecule has 0 heterocycles. The summed E-state index contributed by atoms with van der Waals surface area (Å²) in [4.78, 5) is 12.3. The normalized spacial score (nSPS) is 17.7. The molecule has 3 nitrogen and oxygen atoms in total. The van der Waals surface area contributed by atoms with Gasteiger partial charge in [-0.3, -0.25) is 4.79 Å². The van der Waals surface area contributed by atoms with Crippen molar-refractivity contribution in [3.05, 3.63) is 47.2 Å². The average molecular weight is 231 g/mol. The zero-order valence-corrected chi connectivity index (χ0v) is 9.78. The zero-order valence-electron chi connectivity index (χ0n) is 9.78. The van der Waals surface area contributed by atoms with E-state index < -0.39 is 0 Å². The molecule has 2 N–H and O–H groups in total. The molecule has 3 heteroatoms. The molecule has 0 radical (unpaired) electrons. The molecular formula is C14H17NO2. The van der Waals surface area contributed by atoms with Gasteiger partial charge in [0.05, 0.1) is 6.61 Å². The molecule has 0 amide bonds. The molecule has 0 saturated carbocycles. The zero-order chi connectivity index (χ0) is 12.1. The highest BCUT2D eigenvalue weighted by atomic mass is 16.3. The van der Waals surface area contributed by atoms with Crippen molar-refractivity contribution in [3.63, 3.8) is 0 Å². The Morgan fingerprint density at radius 2 is 2.12 bits per heavy atom. The standard InChI is InChI=1S/C14H17NO2/c16-9-8-15-10-12-6-3-5-11-4-1-2-7-13(11)14(12)17/h1-2,4,7,10,15-16H,3,5-6,8-9H2/b12-10-. The number of fused-ring (bicyclic) bond motifs is 1. The fourth-order valence-corrected chi connectivity index (χ4v) is 2.11. The van der Waals surface area contributed by atoms with E-state index >= 15 is 0 Å². The molecule has 1 aromatic rings. The Hall–Kier alpha value is -1.61. The Kier molecular flexibility index (Phi) is 3.94. The molecule has 0 spiro atoms. The molecule has 17 heavy (non-hydrogen) atoms. The molecular weight excluding hydrogens is 214 g/mol. The van der Waals surface area contributed by atoms with E-state index in [1.165, 1.54) is 0 Å². The number of rotatable bonds is 3. The number of benzene rings is 1. The predicted octanol–water partition coefficient (Wildman–Crippen LogP) is 1.67. The highest BCUT2D eigenvalue weighted by Crippen LogP contribution is 2.23. The minimum atomic E-state index is 0.0779. The first-order valence-electron chi connectivity index (χ1n) is 5.99. The topological polar surface area (TPSA) is 49.3 Å². The van der Waals surface area contributed by atoms with E-state index in [1.807, 2.05) is 24.3 Å². The number of aliphatic hydroxyl groups excluding tert-OH is 1. The van der Waals surface area contributed by atoms with Gasteiger partial charge in [-0.1, -0.05) is 24.3 Å². The van der Waals surface area contributed by atoms with Gasteiger partial charge in [0.2, 0.25) is 0 Å². The van der Waals surface area contributed by atoms with E-state index in [9.17, 15) is 4.79 Å². The third kappa shape index (κ3) is 2.74. The van der Waals surface area contributed by atoms with Crippen LogP contribution in [0.5, 0.6) is 0 Å². The minimum Gasteiger partial charge on any atom is -0.395 e. The van der Waals surface area contributed by atoms with Crippen molar-refractivity contribution in [3.8, 4) is 0 Å². The van der Waals surface area contributed by atoms with Crippen LogP contribution in [0.15, 0.2) is 36.0 Å². The van der Waals surface area contributed by atoms with E-state index in [4.69, 9.17) is 5.11 Å². The lowest BCUT2D eigenvalue weighted by Crippen LogP contribution is -2.14. The van der Waals surface area contributed by atoms with Crippen LogP contribution in [-0.4, -0.2) is 24.0 Å². The van der Waals surface area contributed by atoms with Crippen molar-refractivity contribution in [1.29, 1.82) is 0 Å². The second-order valence-electron chi connectivity index (χ2n) is 4.19. The summed E-state index contributed by atoms with van der Waals surface area (Å²) in [7, 11) is 0. The van der Waals surface area contributed by atoms with Crippen molar-refractivity contribution < 1.29 is 9.90 Å². The first-order valence-corrected chi connectivity index (χ1v) is 5.99. The van der Waals surface area contributed by atoms with Gasteiger partial charge in [-0.15, -0.1) is 0 Å². The van der Waals surface area contributed by atoms with Crippen molar-refractivity contribution in [1.82, 2.24) is 5.32 Å². The van der Waals surface area contributed by atoms with E-state index in [0.717, 1.165) is 36.0 Å². The van der Waals surface area contributed by atoms with Gasteiger partial charge in [0, 0.05) is 23.9 Å². The summed E-state index contributed by atoms with van der Waals surface area (Å²) in [6, 6.07) is 7.80. The second-order valence-corrected chi connectivity index (χ2v) is 4.19. The van der Waals surface area contributed by atoms with Crippen LogP contribution in [0.25, 0.3) is 0 Å². The number of ketones is 1. The summed E-state index contributed by atoms with van der Waals surface area (Å²) < 4.78 is 0. The number of allylic oxidation sites excluding steroid dienone is 1. The number of Topliss-reactive ketones (excluding diaryl/α,β-unsaturated/α-hetero) is 1. The minimum absolute atomic E-state index is 0.0779. The van der Waals surface area contributed by atoms with Crippen molar-refractivity contribution >= 4 is 5.78 Å². The molecule has 0 unspecified atom stereocenters. The van der Waals surface area contributed by atoms with Gasteiger partial charge in [0.1, 0.15) is 0 Å². The fourth-order valence-electron chi connectivity index (χ4n) is 2.11. The fraction of sp³-hybridized carbons (Fsp3) is 0.357. The highest BCUT2D eigenvalue weighted by molar-refractivity contribution is 6.09. The maximum atomic E-state index is 12.3. The maximum absolute atomic E-state index is 12.3. The molecule has 0 fully saturated rings. The summed E-state index contributed by atoms with van der Waals surface area (Å²) in [6.07, 6.45) is 4.50. The molecule has 90 valence electrons. The van der Waals surface area contributed by atoms with Gasteiger partial charge in [0.15, 0.2) is 5.78 Å². The SMILES string of the molecule is O=C1/C(=C\NCCO)CCCc2ccccc21. The Balaban J connectivity index is 2.23. The van der Waals surface area contributed by atoms with Crippen LogP contribution in [0.2, 0.25) is 0 Å². The predicted molar refractivity (Wildman–Crippen MR) is 66.9 cm³/mol. The molecule has 0 aliphatic heterocycles. The number of nitrogens with one attached hydrogen (secondary N) is 1. The van der Waals surface area contributed by atoms with Crippen LogP contribution in [0.4, 0.5) is 0 Å². The smallest absolute Gasteiger partial charge is 0.190 e. The number of hydrogen-bond acceptors (Lipinski definition) is 3.